The zero-order valence-corrected chi connectivity index (χ0v) is 19.8. The summed E-state index contributed by atoms with van der Waals surface area (Å²) in [4.78, 5) is 22.9. The van der Waals surface area contributed by atoms with Crippen molar-refractivity contribution >= 4 is 17.6 Å². The zero-order chi connectivity index (χ0) is 24.0. The molecule has 1 aliphatic heterocycles. The van der Waals surface area contributed by atoms with Gasteiger partial charge in [0.05, 0.1) is 19.6 Å². The van der Waals surface area contributed by atoms with Gasteiger partial charge in [-0.1, -0.05) is 33.6 Å². The number of carboxylic acids is 1. The molecule has 0 aliphatic carbocycles. The van der Waals surface area contributed by atoms with Crippen molar-refractivity contribution in [1.29, 1.82) is 0 Å². The summed E-state index contributed by atoms with van der Waals surface area (Å²) in [6.45, 7) is 6.69. The average molecular weight is 455 g/mol. The Morgan fingerprint density at radius 3 is 2.42 bits per heavy atom. The van der Waals surface area contributed by atoms with Gasteiger partial charge in [0, 0.05) is 29.3 Å². The standard InChI is InChI=1S/C26H34N2O5/c1-5-17(6-2)24(25-16(3)21-15-20(32-4)11-12-22(21)33-25)28-19-9-7-18(8-10-19)26(31)27-14-13-23(29)30/h7-12,15-17,24-25,28H,5-6,13-14H2,1-4H3,(H,27,31)(H,29,30). The molecule has 3 atom stereocenters. The number of methoxy groups -OCH3 is 1. The van der Waals surface area contributed by atoms with Gasteiger partial charge in [0.2, 0.25) is 0 Å². The van der Waals surface area contributed by atoms with Gasteiger partial charge < -0.3 is 25.2 Å². The number of benzene rings is 2. The summed E-state index contributed by atoms with van der Waals surface area (Å²) in [5, 5.41) is 15.0. The number of fused-ring (bicyclic) bond motifs is 1. The highest BCUT2D eigenvalue weighted by molar-refractivity contribution is 5.94. The average Bonchev–Trinajstić information content (AvgIpc) is 3.14. The summed E-state index contributed by atoms with van der Waals surface area (Å²) in [5.41, 5.74) is 2.57. The van der Waals surface area contributed by atoms with E-state index >= 15 is 0 Å². The molecule has 0 radical (unpaired) electrons. The van der Waals surface area contributed by atoms with E-state index in [2.05, 4.69) is 37.5 Å². The number of hydrogen-bond acceptors (Lipinski definition) is 5. The lowest BCUT2D eigenvalue weighted by molar-refractivity contribution is -0.136. The number of carbonyl (C=O) groups is 2. The summed E-state index contributed by atoms with van der Waals surface area (Å²) in [5.74, 6) is 1.12. The first-order chi connectivity index (χ1) is 15.9. The van der Waals surface area contributed by atoms with E-state index in [9.17, 15) is 9.59 Å². The normalized spacial score (nSPS) is 17.7. The Bertz CT molecular complexity index is 956. The highest BCUT2D eigenvalue weighted by Crippen LogP contribution is 2.43. The lowest BCUT2D eigenvalue weighted by Crippen LogP contribution is -2.43. The summed E-state index contributed by atoms with van der Waals surface area (Å²) in [6, 6.07) is 13.3. The van der Waals surface area contributed by atoms with Gasteiger partial charge in [0.25, 0.3) is 5.91 Å². The molecular weight excluding hydrogens is 420 g/mol. The van der Waals surface area contributed by atoms with Crippen molar-refractivity contribution in [1.82, 2.24) is 5.32 Å². The molecule has 0 spiro atoms. The highest BCUT2D eigenvalue weighted by atomic mass is 16.5. The van der Waals surface area contributed by atoms with Crippen LogP contribution in [0.25, 0.3) is 0 Å². The summed E-state index contributed by atoms with van der Waals surface area (Å²) in [7, 11) is 1.67. The number of aliphatic carboxylic acids is 1. The first-order valence-corrected chi connectivity index (χ1v) is 11.6. The van der Waals surface area contributed by atoms with E-state index in [1.54, 1.807) is 19.2 Å². The van der Waals surface area contributed by atoms with Gasteiger partial charge in [-0.05, 0) is 48.4 Å². The molecule has 0 bridgehead atoms. The monoisotopic (exact) mass is 454 g/mol. The van der Waals surface area contributed by atoms with E-state index < -0.39 is 5.97 Å². The minimum absolute atomic E-state index is 0.0315. The molecule has 178 valence electrons. The Morgan fingerprint density at radius 2 is 1.82 bits per heavy atom. The quantitative estimate of drug-likeness (QED) is 0.456. The van der Waals surface area contributed by atoms with Gasteiger partial charge in [-0.25, -0.2) is 0 Å². The molecule has 3 unspecified atom stereocenters. The Kier molecular flexibility index (Phi) is 8.20. The van der Waals surface area contributed by atoms with E-state index in [1.165, 1.54) is 0 Å². The minimum atomic E-state index is -0.939. The summed E-state index contributed by atoms with van der Waals surface area (Å²) < 4.78 is 11.8. The van der Waals surface area contributed by atoms with E-state index in [1.807, 2.05) is 24.3 Å². The molecule has 0 aromatic heterocycles. The second-order valence-corrected chi connectivity index (χ2v) is 8.50. The van der Waals surface area contributed by atoms with Gasteiger partial charge in [0.1, 0.15) is 17.6 Å². The van der Waals surface area contributed by atoms with Gasteiger partial charge in [-0.3, -0.25) is 9.59 Å². The number of amides is 1. The van der Waals surface area contributed by atoms with Gasteiger partial charge >= 0.3 is 5.97 Å². The van der Waals surface area contributed by atoms with Crippen LogP contribution >= 0.6 is 0 Å². The molecule has 7 nitrogen and oxygen atoms in total. The fourth-order valence-electron chi connectivity index (χ4n) is 4.49. The van der Waals surface area contributed by atoms with E-state index in [-0.39, 0.29) is 36.9 Å². The molecule has 0 saturated carbocycles. The molecule has 7 heteroatoms. The van der Waals surface area contributed by atoms with Gasteiger partial charge in [0.15, 0.2) is 0 Å². The highest BCUT2D eigenvalue weighted by Gasteiger charge is 2.40. The van der Waals surface area contributed by atoms with Crippen molar-refractivity contribution in [3.8, 4) is 11.5 Å². The maximum Gasteiger partial charge on any atom is 0.305 e. The van der Waals surface area contributed by atoms with Crippen LogP contribution in [-0.4, -0.2) is 42.8 Å². The SMILES string of the molecule is CCC(CC)C(Nc1ccc(C(=O)NCCC(=O)O)cc1)C1Oc2ccc(OC)cc2C1C. The van der Waals surface area contributed by atoms with Crippen LogP contribution in [-0.2, 0) is 4.79 Å². The number of rotatable bonds is 11. The molecule has 1 heterocycles. The van der Waals surface area contributed by atoms with Gasteiger partial charge in [-0.15, -0.1) is 0 Å². The summed E-state index contributed by atoms with van der Waals surface area (Å²) in [6.07, 6.45) is 1.90. The van der Waals surface area contributed by atoms with Gasteiger partial charge in [-0.2, -0.15) is 0 Å². The molecule has 2 aromatic rings. The molecule has 33 heavy (non-hydrogen) atoms. The third-order valence-corrected chi connectivity index (χ3v) is 6.48. The second-order valence-electron chi connectivity index (χ2n) is 8.50. The smallest absolute Gasteiger partial charge is 0.305 e. The van der Waals surface area contributed by atoms with Crippen molar-refractivity contribution in [2.45, 2.75) is 58.1 Å². The van der Waals surface area contributed by atoms with Crippen molar-refractivity contribution < 1.29 is 24.2 Å². The first-order valence-electron chi connectivity index (χ1n) is 11.6. The van der Waals surface area contributed by atoms with Crippen LogP contribution in [0.3, 0.4) is 0 Å². The fraction of sp³-hybridized carbons (Fsp3) is 0.462. The molecule has 1 aliphatic rings. The van der Waals surface area contributed by atoms with Crippen LogP contribution < -0.4 is 20.1 Å². The fourth-order valence-corrected chi connectivity index (χ4v) is 4.49. The minimum Gasteiger partial charge on any atom is -0.497 e. The lowest BCUT2D eigenvalue weighted by atomic mass is 9.83. The number of carboxylic acid groups (broad SMARTS) is 1. The summed E-state index contributed by atoms with van der Waals surface area (Å²) >= 11 is 0. The Hall–Kier alpha value is -3.22. The predicted octanol–water partition coefficient (Wildman–Crippen LogP) is 4.68. The largest absolute Gasteiger partial charge is 0.497 e. The number of carbonyl (C=O) groups excluding carboxylic acids is 1. The van der Waals surface area contributed by atoms with Crippen LogP contribution in [0.5, 0.6) is 11.5 Å². The molecule has 0 saturated heterocycles. The van der Waals surface area contributed by atoms with Crippen molar-refractivity contribution in [2.24, 2.45) is 5.92 Å². The van der Waals surface area contributed by atoms with Crippen molar-refractivity contribution in [2.75, 3.05) is 19.0 Å². The first kappa shape index (κ1) is 24.4. The number of anilines is 1. The second kappa shape index (κ2) is 11.1. The van der Waals surface area contributed by atoms with Crippen LogP contribution in [0.1, 0.15) is 61.9 Å². The molecule has 1 amide bonds. The maximum atomic E-state index is 12.2. The van der Waals surface area contributed by atoms with Crippen LogP contribution in [0.15, 0.2) is 42.5 Å². The van der Waals surface area contributed by atoms with E-state index in [0.29, 0.717) is 11.5 Å². The number of hydrogen-bond donors (Lipinski definition) is 3. The zero-order valence-electron chi connectivity index (χ0n) is 19.8. The molecule has 3 N–H and O–H groups in total. The van der Waals surface area contributed by atoms with E-state index in [0.717, 1.165) is 35.6 Å². The lowest BCUT2D eigenvalue weighted by Gasteiger charge is -2.34. The third-order valence-electron chi connectivity index (χ3n) is 6.48. The van der Waals surface area contributed by atoms with Crippen molar-refractivity contribution in [3.63, 3.8) is 0 Å². The van der Waals surface area contributed by atoms with Crippen LogP contribution in [0, 0.1) is 5.92 Å². The predicted molar refractivity (Wildman–Crippen MR) is 128 cm³/mol. The Labute approximate surface area is 195 Å². The topological polar surface area (TPSA) is 96.9 Å². The Morgan fingerprint density at radius 1 is 1.12 bits per heavy atom. The molecule has 0 fully saturated rings. The molecule has 2 aromatic carbocycles. The van der Waals surface area contributed by atoms with Crippen LogP contribution in [0.4, 0.5) is 5.69 Å². The molecular formula is C26H34N2O5. The van der Waals surface area contributed by atoms with Crippen molar-refractivity contribution in [3.05, 3.63) is 53.6 Å². The van der Waals surface area contributed by atoms with E-state index in [4.69, 9.17) is 14.6 Å². The maximum absolute atomic E-state index is 12.2. The molecule has 3 rings (SSSR count). The third kappa shape index (κ3) is 5.78. The number of nitrogens with one attached hydrogen (secondary N) is 2. The number of ether oxygens (including phenoxy) is 2. The Balaban J connectivity index is 1.75. The van der Waals surface area contributed by atoms with Crippen LogP contribution in [0.2, 0.25) is 0 Å².